The van der Waals surface area contributed by atoms with E-state index in [4.69, 9.17) is 22.0 Å². The van der Waals surface area contributed by atoms with Crippen molar-refractivity contribution in [3.8, 4) is 17.2 Å². The lowest BCUT2D eigenvalue weighted by atomic mass is 10.0. The Kier molecular flexibility index (Phi) is 6.28. The van der Waals surface area contributed by atoms with Crippen LogP contribution in [0.3, 0.4) is 0 Å². The number of aryl methyl sites for hydroxylation is 1. The fourth-order valence-corrected chi connectivity index (χ4v) is 4.25. The van der Waals surface area contributed by atoms with Gasteiger partial charge in [-0.05, 0) is 55.9 Å². The van der Waals surface area contributed by atoms with Gasteiger partial charge in [0.05, 0.1) is 22.8 Å². The average molecular weight is 408 g/mol. The van der Waals surface area contributed by atoms with Crippen LogP contribution in [0, 0.1) is 25.2 Å². The molecule has 0 saturated heterocycles. The molecule has 1 aromatic heterocycles. The Labute approximate surface area is 175 Å². The summed E-state index contributed by atoms with van der Waals surface area (Å²) in [7, 11) is 0. The van der Waals surface area contributed by atoms with E-state index in [0.29, 0.717) is 10.6 Å². The number of aromatic nitrogens is 2. The lowest BCUT2D eigenvalue weighted by molar-refractivity contribution is 0.668. The van der Waals surface area contributed by atoms with Gasteiger partial charge in [0.2, 0.25) is 0 Å². The Morgan fingerprint density at radius 1 is 1.18 bits per heavy atom. The zero-order valence-corrected chi connectivity index (χ0v) is 18.0. The Hall–Kier alpha value is -2.48. The maximum absolute atomic E-state index is 9.11. The van der Waals surface area contributed by atoms with Gasteiger partial charge in [0.15, 0.2) is 0 Å². The maximum Gasteiger partial charge on any atom is 0.101 e. The van der Waals surface area contributed by atoms with Crippen molar-refractivity contribution in [2.75, 3.05) is 6.26 Å². The van der Waals surface area contributed by atoms with E-state index >= 15 is 0 Å². The molecule has 1 heterocycles. The lowest BCUT2D eigenvalue weighted by Gasteiger charge is -2.12. The number of nitriles is 1. The molecule has 0 aliphatic heterocycles. The number of halogens is 1. The average Bonchev–Trinajstić information content (AvgIpc) is 2.99. The first kappa shape index (κ1) is 20.3. The minimum Gasteiger partial charge on any atom is -0.264 e. The zero-order chi connectivity index (χ0) is 20.3. The summed E-state index contributed by atoms with van der Waals surface area (Å²) in [4.78, 5) is 1.28. The molecule has 0 atom stereocenters. The van der Waals surface area contributed by atoms with Gasteiger partial charge in [-0.3, -0.25) is 4.68 Å². The van der Waals surface area contributed by atoms with Gasteiger partial charge in [0.25, 0.3) is 0 Å². The number of nitrogens with zero attached hydrogens (tertiary/aromatic N) is 3. The third-order valence-corrected chi connectivity index (χ3v) is 6.17. The molecule has 28 heavy (non-hydrogen) atoms. The molecular formula is C23H22ClN3S. The summed E-state index contributed by atoms with van der Waals surface area (Å²) in [5.74, 6) is 0. The van der Waals surface area contributed by atoms with Crippen LogP contribution in [-0.2, 0) is 6.54 Å². The minimum absolute atomic E-state index is 0.469. The molecule has 0 spiro atoms. The molecule has 0 fully saturated rings. The second-order valence-electron chi connectivity index (χ2n) is 6.63. The Balaban J connectivity index is 2.00. The smallest absolute Gasteiger partial charge is 0.101 e. The van der Waals surface area contributed by atoms with Gasteiger partial charge in [0.1, 0.15) is 6.07 Å². The van der Waals surface area contributed by atoms with E-state index in [1.54, 1.807) is 17.8 Å². The summed E-state index contributed by atoms with van der Waals surface area (Å²) in [5, 5.41) is 14.4. The molecule has 3 rings (SSSR count). The number of rotatable bonds is 5. The SMILES string of the molecule is CS/C(Cn1nc(C)c(-c2ccc(C#N)c(Cl)c2)c1C)=C(\C)c1ccccc1. The van der Waals surface area contributed by atoms with E-state index in [2.05, 4.69) is 55.1 Å². The van der Waals surface area contributed by atoms with Crippen LogP contribution >= 0.6 is 23.4 Å². The van der Waals surface area contributed by atoms with Gasteiger partial charge >= 0.3 is 0 Å². The molecule has 2 aromatic carbocycles. The molecule has 3 nitrogen and oxygen atoms in total. The van der Waals surface area contributed by atoms with E-state index < -0.39 is 0 Å². The summed E-state index contributed by atoms with van der Waals surface area (Å²) in [5.41, 5.74) is 7.08. The van der Waals surface area contributed by atoms with Gasteiger partial charge in [-0.1, -0.05) is 48.0 Å². The van der Waals surface area contributed by atoms with Crippen LogP contribution < -0.4 is 0 Å². The van der Waals surface area contributed by atoms with E-state index in [1.807, 2.05) is 25.1 Å². The summed E-state index contributed by atoms with van der Waals surface area (Å²) in [6.45, 7) is 6.97. The number of thioether (sulfide) groups is 1. The highest BCUT2D eigenvalue weighted by molar-refractivity contribution is 8.02. The molecule has 3 aromatic rings. The second kappa shape index (κ2) is 8.68. The van der Waals surface area contributed by atoms with Crippen LogP contribution in [-0.4, -0.2) is 16.0 Å². The van der Waals surface area contributed by atoms with Crippen molar-refractivity contribution in [2.24, 2.45) is 0 Å². The molecule has 0 aliphatic carbocycles. The third-order valence-electron chi connectivity index (χ3n) is 4.92. The first-order valence-electron chi connectivity index (χ1n) is 8.99. The van der Waals surface area contributed by atoms with Crippen molar-refractivity contribution in [2.45, 2.75) is 27.3 Å². The first-order valence-corrected chi connectivity index (χ1v) is 10.6. The van der Waals surface area contributed by atoms with Crippen LogP contribution in [0.4, 0.5) is 0 Å². The molecule has 0 radical (unpaired) electrons. The van der Waals surface area contributed by atoms with E-state index in [-0.39, 0.29) is 0 Å². The van der Waals surface area contributed by atoms with Gasteiger partial charge in [-0.25, -0.2) is 0 Å². The summed E-state index contributed by atoms with van der Waals surface area (Å²) in [6.07, 6.45) is 2.11. The van der Waals surface area contributed by atoms with Crippen molar-refractivity contribution in [1.82, 2.24) is 9.78 Å². The largest absolute Gasteiger partial charge is 0.264 e. The molecule has 0 N–H and O–H groups in total. The Morgan fingerprint density at radius 2 is 1.89 bits per heavy atom. The Bertz CT molecular complexity index is 1080. The van der Waals surface area contributed by atoms with Crippen LogP contribution in [0.2, 0.25) is 5.02 Å². The molecular weight excluding hydrogens is 386 g/mol. The predicted molar refractivity (Wildman–Crippen MR) is 119 cm³/mol. The molecule has 0 amide bonds. The zero-order valence-electron chi connectivity index (χ0n) is 16.5. The molecule has 0 unspecified atom stereocenters. The third kappa shape index (κ3) is 4.01. The standard InChI is InChI=1S/C23H22ClN3S/c1-15(18-8-6-5-7-9-18)22(28-4)14-27-17(3)23(16(2)26-27)19-10-11-20(13-25)21(24)12-19/h5-12H,14H2,1-4H3/b22-15+. The normalized spacial score (nSPS) is 11.9. The van der Waals surface area contributed by atoms with Crippen LogP contribution in [0.25, 0.3) is 16.7 Å². The molecule has 142 valence electrons. The summed E-state index contributed by atoms with van der Waals surface area (Å²) < 4.78 is 2.05. The van der Waals surface area contributed by atoms with Crippen molar-refractivity contribution in [3.63, 3.8) is 0 Å². The lowest BCUT2D eigenvalue weighted by Crippen LogP contribution is -2.05. The molecule has 0 saturated carbocycles. The fourth-order valence-electron chi connectivity index (χ4n) is 3.35. The highest BCUT2D eigenvalue weighted by Gasteiger charge is 2.16. The number of benzene rings is 2. The highest BCUT2D eigenvalue weighted by Crippen LogP contribution is 2.32. The van der Waals surface area contributed by atoms with E-state index in [0.717, 1.165) is 29.1 Å². The number of hydrogen-bond donors (Lipinski definition) is 0. The van der Waals surface area contributed by atoms with E-state index in [1.165, 1.54) is 16.0 Å². The summed E-state index contributed by atoms with van der Waals surface area (Å²) >= 11 is 8.00. The van der Waals surface area contributed by atoms with Crippen molar-refractivity contribution in [3.05, 3.63) is 81.0 Å². The fraction of sp³-hybridized carbons (Fsp3) is 0.217. The highest BCUT2D eigenvalue weighted by atomic mass is 35.5. The van der Waals surface area contributed by atoms with Crippen LogP contribution in [0.5, 0.6) is 0 Å². The topological polar surface area (TPSA) is 41.6 Å². The monoisotopic (exact) mass is 407 g/mol. The minimum atomic E-state index is 0.469. The van der Waals surface area contributed by atoms with Crippen LogP contribution in [0.1, 0.15) is 29.4 Å². The number of hydrogen-bond acceptors (Lipinski definition) is 3. The van der Waals surface area contributed by atoms with Gasteiger partial charge < -0.3 is 0 Å². The van der Waals surface area contributed by atoms with Crippen molar-refractivity contribution < 1.29 is 0 Å². The second-order valence-corrected chi connectivity index (χ2v) is 7.94. The maximum atomic E-state index is 9.11. The molecule has 0 bridgehead atoms. The van der Waals surface area contributed by atoms with E-state index in [9.17, 15) is 0 Å². The van der Waals surface area contributed by atoms with Crippen LogP contribution in [0.15, 0.2) is 53.4 Å². The van der Waals surface area contributed by atoms with Crippen molar-refractivity contribution >= 4 is 28.9 Å². The first-order chi connectivity index (χ1) is 13.5. The predicted octanol–water partition coefficient (Wildman–Crippen LogP) is 6.49. The molecule has 5 heteroatoms. The summed E-state index contributed by atoms with van der Waals surface area (Å²) in [6, 6.07) is 18.1. The number of allylic oxidation sites excluding steroid dienone is 2. The Morgan fingerprint density at radius 3 is 2.50 bits per heavy atom. The van der Waals surface area contributed by atoms with Gasteiger partial charge in [-0.15, -0.1) is 11.8 Å². The quantitative estimate of drug-likeness (QED) is 0.485. The van der Waals surface area contributed by atoms with Crippen molar-refractivity contribution in [1.29, 1.82) is 5.26 Å². The molecule has 0 aliphatic rings. The van der Waals surface area contributed by atoms with Gasteiger partial charge in [0, 0.05) is 16.2 Å². The van der Waals surface area contributed by atoms with Gasteiger partial charge in [-0.2, -0.15) is 10.4 Å².